The molecule has 0 amide bonds. The second kappa shape index (κ2) is 5.34. The normalized spacial score (nSPS) is 50.8. The van der Waals surface area contributed by atoms with Gasteiger partial charge in [0.05, 0.1) is 6.10 Å². The van der Waals surface area contributed by atoms with Crippen LogP contribution >= 0.6 is 0 Å². The number of nitrogens with one attached hydrogen (secondary N) is 1. The summed E-state index contributed by atoms with van der Waals surface area (Å²) in [5.74, 6) is 2.44. The van der Waals surface area contributed by atoms with Gasteiger partial charge in [-0.1, -0.05) is 25.5 Å². The van der Waals surface area contributed by atoms with E-state index in [4.69, 9.17) is 0 Å². The summed E-state index contributed by atoms with van der Waals surface area (Å²) in [5.41, 5.74) is 6.71. The summed E-state index contributed by atoms with van der Waals surface area (Å²) in [6.07, 6.45) is 11.9. The lowest BCUT2D eigenvalue weighted by Gasteiger charge is -2.57. The quantitative estimate of drug-likeness (QED) is 0.569. The summed E-state index contributed by atoms with van der Waals surface area (Å²) in [7, 11) is 1.93. The number of hydrogen-bond donors (Lipinski definition) is 2. The molecule has 0 heterocycles. The summed E-state index contributed by atoms with van der Waals surface area (Å²) >= 11 is 0. The second-order valence-corrected chi connectivity index (χ2v) is 8.93. The number of hydrazone groups is 1. The van der Waals surface area contributed by atoms with E-state index in [1.54, 1.807) is 5.57 Å². The fraction of sp³-hybridized carbons (Fsp3) is 0.850. The Morgan fingerprint density at radius 2 is 1.87 bits per heavy atom. The molecule has 0 radical (unpaired) electrons. The Kier molecular flexibility index (Phi) is 3.64. The molecule has 23 heavy (non-hydrogen) atoms. The monoisotopic (exact) mass is 316 g/mol. The largest absolute Gasteiger partial charge is 0.393 e. The van der Waals surface area contributed by atoms with Crippen molar-refractivity contribution in [2.75, 3.05) is 7.05 Å². The van der Waals surface area contributed by atoms with E-state index in [-0.39, 0.29) is 6.10 Å². The molecule has 0 aromatic heterocycles. The summed E-state index contributed by atoms with van der Waals surface area (Å²) in [4.78, 5) is 0. The molecule has 0 saturated heterocycles. The highest BCUT2D eigenvalue weighted by atomic mass is 16.3. The summed E-state index contributed by atoms with van der Waals surface area (Å²) < 4.78 is 0. The molecule has 0 unspecified atom stereocenters. The molecular weight excluding hydrogens is 284 g/mol. The first kappa shape index (κ1) is 15.7. The molecule has 3 fully saturated rings. The van der Waals surface area contributed by atoms with E-state index in [1.165, 1.54) is 44.2 Å². The summed E-state index contributed by atoms with van der Waals surface area (Å²) in [6.45, 7) is 4.98. The lowest BCUT2D eigenvalue weighted by atomic mass is 9.48. The first-order chi connectivity index (χ1) is 11.0. The third-order valence-electron chi connectivity index (χ3n) is 8.07. The van der Waals surface area contributed by atoms with Crippen molar-refractivity contribution in [3.8, 4) is 0 Å². The van der Waals surface area contributed by atoms with E-state index in [0.29, 0.717) is 10.8 Å². The highest BCUT2D eigenvalue weighted by molar-refractivity contribution is 5.92. The Bertz CT molecular complexity index is 554. The van der Waals surface area contributed by atoms with Crippen molar-refractivity contribution in [3.63, 3.8) is 0 Å². The Morgan fingerprint density at radius 1 is 1.13 bits per heavy atom. The van der Waals surface area contributed by atoms with Crippen molar-refractivity contribution in [3.05, 3.63) is 11.6 Å². The maximum Gasteiger partial charge on any atom is 0.0577 e. The van der Waals surface area contributed by atoms with E-state index in [9.17, 15) is 5.11 Å². The molecule has 2 N–H and O–H groups in total. The van der Waals surface area contributed by atoms with Crippen molar-refractivity contribution >= 4 is 5.71 Å². The van der Waals surface area contributed by atoms with Crippen LogP contribution in [0.2, 0.25) is 0 Å². The lowest BCUT2D eigenvalue weighted by molar-refractivity contribution is -0.0209. The van der Waals surface area contributed by atoms with Gasteiger partial charge in [-0.2, -0.15) is 5.10 Å². The molecule has 4 rings (SSSR count). The topological polar surface area (TPSA) is 44.6 Å². The van der Waals surface area contributed by atoms with Crippen LogP contribution in [0.4, 0.5) is 0 Å². The van der Waals surface area contributed by atoms with E-state index in [0.717, 1.165) is 30.6 Å². The predicted octanol–water partition coefficient (Wildman–Crippen LogP) is 3.89. The van der Waals surface area contributed by atoms with Gasteiger partial charge in [0.25, 0.3) is 0 Å². The van der Waals surface area contributed by atoms with E-state index < -0.39 is 0 Å². The smallest absolute Gasteiger partial charge is 0.0577 e. The maximum absolute atomic E-state index is 10.1. The first-order valence-electron chi connectivity index (χ1n) is 9.60. The number of aliphatic hydroxyl groups is 1. The van der Waals surface area contributed by atoms with Crippen LogP contribution in [0.1, 0.15) is 65.2 Å². The minimum absolute atomic E-state index is 0.0967. The average Bonchev–Trinajstić information content (AvgIpc) is 2.85. The van der Waals surface area contributed by atoms with Gasteiger partial charge < -0.3 is 10.5 Å². The zero-order chi connectivity index (χ0) is 16.2. The van der Waals surface area contributed by atoms with Gasteiger partial charge in [-0.05, 0) is 74.5 Å². The molecule has 128 valence electrons. The number of rotatable bonds is 1. The maximum atomic E-state index is 10.1. The Labute approximate surface area is 140 Å². The number of aliphatic hydroxyl groups excluding tert-OH is 1. The second-order valence-electron chi connectivity index (χ2n) is 8.93. The molecule has 4 aliphatic carbocycles. The zero-order valence-corrected chi connectivity index (χ0v) is 14.9. The molecule has 0 aromatic carbocycles. The van der Waals surface area contributed by atoms with Gasteiger partial charge in [-0.3, -0.25) is 0 Å². The van der Waals surface area contributed by atoms with Gasteiger partial charge >= 0.3 is 0 Å². The molecule has 0 spiro atoms. The molecule has 0 aromatic rings. The van der Waals surface area contributed by atoms with Gasteiger partial charge in [0.2, 0.25) is 0 Å². The van der Waals surface area contributed by atoms with Crippen LogP contribution in [0.5, 0.6) is 0 Å². The zero-order valence-electron chi connectivity index (χ0n) is 14.9. The van der Waals surface area contributed by atoms with Crippen LogP contribution in [0.25, 0.3) is 0 Å². The first-order valence-corrected chi connectivity index (χ1v) is 9.60. The standard InChI is InChI=1S/C20H32N2O/c1-19-10-8-14(23)12-13(19)4-5-15-16-6-7-18(22-21-3)20(16,2)11-9-17(15)19/h4,14-17,21,23H,5-12H2,1-3H3/b22-18+/t14-,15-,16-,17-,19-,20-/m0/s1. The van der Waals surface area contributed by atoms with Crippen molar-refractivity contribution in [1.29, 1.82) is 0 Å². The molecule has 3 saturated carbocycles. The molecule has 0 aliphatic heterocycles. The van der Waals surface area contributed by atoms with Crippen molar-refractivity contribution in [2.24, 2.45) is 33.7 Å². The SMILES string of the molecule is CN/N=C1\CC[C@H]2[C@@H]3CC=C4C[C@@H](O)CC[C@]4(C)[C@H]3CC[C@]12C. The summed E-state index contributed by atoms with van der Waals surface area (Å²) in [6, 6.07) is 0. The van der Waals surface area contributed by atoms with Crippen LogP contribution in [-0.2, 0) is 0 Å². The van der Waals surface area contributed by atoms with Gasteiger partial charge in [-0.15, -0.1) is 0 Å². The van der Waals surface area contributed by atoms with E-state index in [1.807, 2.05) is 7.05 Å². The third-order valence-corrected chi connectivity index (χ3v) is 8.07. The molecule has 4 aliphatic rings. The minimum Gasteiger partial charge on any atom is -0.393 e. The van der Waals surface area contributed by atoms with E-state index >= 15 is 0 Å². The molecule has 0 bridgehead atoms. The Hall–Kier alpha value is -0.830. The Balaban J connectivity index is 1.66. The van der Waals surface area contributed by atoms with Crippen LogP contribution in [0.3, 0.4) is 0 Å². The van der Waals surface area contributed by atoms with Crippen molar-refractivity contribution < 1.29 is 5.11 Å². The molecular formula is C20H32N2O. The van der Waals surface area contributed by atoms with Crippen molar-refractivity contribution in [1.82, 2.24) is 5.43 Å². The number of nitrogens with zero attached hydrogens (tertiary/aromatic N) is 1. The van der Waals surface area contributed by atoms with Gasteiger partial charge in [0.1, 0.15) is 0 Å². The average molecular weight is 316 g/mol. The fourth-order valence-corrected chi connectivity index (χ4v) is 6.75. The fourth-order valence-electron chi connectivity index (χ4n) is 6.75. The molecule has 6 atom stereocenters. The van der Waals surface area contributed by atoms with E-state index in [2.05, 4.69) is 30.5 Å². The van der Waals surface area contributed by atoms with Crippen LogP contribution in [-0.4, -0.2) is 24.0 Å². The predicted molar refractivity (Wildman–Crippen MR) is 94.2 cm³/mol. The van der Waals surface area contributed by atoms with Crippen LogP contribution in [0.15, 0.2) is 16.8 Å². The molecule has 3 nitrogen and oxygen atoms in total. The number of fused-ring (bicyclic) bond motifs is 5. The summed E-state index contributed by atoms with van der Waals surface area (Å²) in [5, 5.41) is 14.7. The Morgan fingerprint density at radius 3 is 2.65 bits per heavy atom. The van der Waals surface area contributed by atoms with Gasteiger partial charge in [0.15, 0.2) is 0 Å². The third kappa shape index (κ3) is 2.15. The highest BCUT2D eigenvalue weighted by Gasteiger charge is 2.57. The van der Waals surface area contributed by atoms with Gasteiger partial charge in [-0.25, -0.2) is 0 Å². The highest BCUT2D eigenvalue weighted by Crippen LogP contribution is 2.64. The number of hydrogen-bond acceptors (Lipinski definition) is 3. The number of allylic oxidation sites excluding steroid dienone is 1. The van der Waals surface area contributed by atoms with Crippen LogP contribution < -0.4 is 5.43 Å². The van der Waals surface area contributed by atoms with Gasteiger partial charge in [0, 0.05) is 18.2 Å². The van der Waals surface area contributed by atoms with Crippen LogP contribution in [0, 0.1) is 28.6 Å². The van der Waals surface area contributed by atoms with Crippen molar-refractivity contribution in [2.45, 2.75) is 71.3 Å². The minimum atomic E-state index is -0.0967. The lowest BCUT2D eigenvalue weighted by Crippen LogP contribution is -2.50. The molecule has 3 heteroatoms.